The fourth-order valence-electron chi connectivity index (χ4n) is 4.06. The number of anilines is 1. The molecule has 1 aromatic heterocycles. The van der Waals surface area contributed by atoms with Crippen molar-refractivity contribution in [3.63, 3.8) is 0 Å². The monoisotopic (exact) mass is 555 g/mol. The highest BCUT2D eigenvalue weighted by Gasteiger charge is 2.19. The maximum absolute atomic E-state index is 12.9. The van der Waals surface area contributed by atoms with E-state index in [0.717, 1.165) is 16.7 Å². The highest BCUT2D eigenvalue weighted by atomic mass is 32.2. The third-order valence-electron chi connectivity index (χ3n) is 6.16. The van der Waals surface area contributed by atoms with E-state index in [4.69, 9.17) is 23.9 Å². The van der Waals surface area contributed by atoms with Crippen LogP contribution in [0.15, 0.2) is 71.8 Å². The zero-order chi connectivity index (χ0) is 28.6. The van der Waals surface area contributed by atoms with Gasteiger partial charge in [-0.25, -0.2) is 4.98 Å². The number of thioether (sulfide) groups is 1. The number of nitriles is 1. The summed E-state index contributed by atoms with van der Waals surface area (Å²) >= 11 is 1.19. The lowest BCUT2D eigenvalue weighted by molar-refractivity contribution is -0.113. The summed E-state index contributed by atoms with van der Waals surface area (Å²) < 4.78 is 21.5. The lowest BCUT2D eigenvalue weighted by atomic mass is 9.98. The molecule has 0 fully saturated rings. The molecule has 8 nitrogen and oxygen atoms in total. The van der Waals surface area contributed by atoms with E-state index in [1.165, 1.54) is 18.9 Å². The van der Waals surface area contributed by atoms with E-state index < -0.39 is 0 Å². The normalized spacial score (nSPS) is 10.4. The Bertz CT molecular complexity index is 1560. The molecular weight excluding hydrogens is 526 g/mol. The van der Waals surface area contributed by atoms with Gasteiger partial charge in [0, 0.05) is 17.2 Å². The Morgan fingerprint density at radius 1 is 0.850 bits per heavy atom. The highest BCUT2D eigenvalue weighted by Crippen LogP contribution is 2.38. The van der Waals surface area contributed by atoms with Crippen LogP contribution in [0.4, 0.5) is 5.69 Å². The van der Waals surface area contributed by atoms with Crippen molar-refractivity contribution in [1.82, 2.24) is 4.98 Å². The molecular formula is C31H29N3O5S. The van der Waals surface area contributed by atoms with E-state index in [1.807, 2.05) is 49.4 Å². The fourth-order valence-corrected chi connectivity index (χ4v) is 4.86. The van der Waals surface area contributed by atoms with Crippen molar-refractivity contribution in [2.24, 2.45) is 0 Å². The van der Waals surface area contributed by atoms with Crippen molar-refractivity contribution in [1.29, 1.82) is 5.26 Å². The molecule has 0 atom stereocenters. The van der Waals surface area contributed by atoms with Crippen molar-refractivity contribution in [2.45, 2.75) is 11.9 Å². The average Bonchev–Trinajstić information content (AvgIpc) is 2.99. The number of hydrogen-bond donors (Lipinski definition) is 1. The minimum Gasteiger partial charge on any atom is -0.497 e. The summed E-state index contributed by atoms with van der Waals surface area (Å²) in [7, 11) is 6.22. The van der Waals surface area contributed by atoms with Gasteiger partial charge in [-0.15, -0.1) is 0 Å². The number of nitrogens with zero attached hydrogens (tertiary/aromatic N) is 2. The molecule has 0 unspecified atom stereocenters. The zero-order valence-corrected chi connectivity index (χ0v) is 23.7. The van der Waals surface area contributed by atoms with Gasteiger partial charge in [-0.1, -0.05) is 47.7 Å². The molecule has 0 saturated carbocycles. The van der Waals surface area contributed by atoms with Crippen molar-refractivity contribution < 1.29 is 23.7 Å². The molecule has 0 bridgehead atoms. The quantitative estimate of drug-likeness (QED) is 0.226. The van der Waals surface area contributed by atoms with Crippen molar-refractivity contribution in [3.05, 3.63) is 77.9 Å². The van der Waals surface area contributed by atoms with Gasteiger partial charge in [0.2, 0.25) is 5.91 Å². The number of ether oxygens (including phenoxy) is 4. The first-order valence-electron chi connectivity index (χ1n) is 12.3. The molecule has 0 saturated heterocycles. The van der Waals surface area contributed by atoms with E-state index in [0.29, 0.717) is 50.5 Å². The summed E-state index contributed by atoms with van der Waals surface area (Å²) in [5.41, 5.74) is 5.02. The Morgan fingerprint density at radius 2 is 1.55 bits per heavy atom. The number of aromatic nitrogens is 1. The number of aryl methyl sites for hydroxylation is 1. The zero-order valence-electron chi connectivity index (χ0n) is 22.9. The first-order valence-corrected chi connectivity index (χ1v) is 13.3. The molecule has 0 aliphatic rings. The molecule has 9 heteroatoms. The highest BCUT2D eigenvalue weighted by molar-refractivity contribution is 8.00. The Balaban J connectivity index is 1.71. The lowest BCUT2D eigenvalue weighted by Crippen LogP contribution is -2.15. The van der Waals surface area contributed by atoms with Gasteiger partial charge in [-0.2, -0.15) is 5.26 Å². The smallest absolute Gasteiger partial charge is 0.234 e. The predicted octanol–water partition coefficient (Wildman–Crippen LogP) is 6.36. The lowest BCUT2D eigenvalue weighted by Gasteiger charge is -2.15. The van der Waals surface area contributed by atoms with Crippen LogP contribution in [0.1, 0.15) is 11.1 Å². The van der Waals surface area contributed by atoms with Gasteiger partial charge in [0.15, 0.2) is 11.5 Å². The van der Waals surface area contributed by atoms with E-state index in [2.05, 4.69) is 11.4 Å². The number of methoxy groups -OCH3 is 4. The van der Waals surface area contributed by atoms with E-state index in [-0.39, 0.29) is 11.7 Å². The summed E-state index contributed by atoms with van der Waals surface area (Å²) in [5, 5.41) is 13.5. The molecule has 204 valence electrons. The second kappa shape index (κ2) is 12.9. The van der Waals surface area contributed by atoms with E-state index in [1.54, 1.807) is 45.6 Å². The van der Waals surface area contributed by atoms with Crippen LogP contribution in [0.25, 0.3) is 22.4 Å². The van der Waals surface area contributed by atoms with Crippen molar-refractivity contribution >= 4 is 23.4 Å². The Hall–Kier alpha value is -4.68. The minimum atomic E-state index is -0.271. The number of amides is 1. The van der Waals surface area contributed by atoms with Crippen molar-refractivity contribution in [3.8, 4) is 51.5 Å². The molecule has 1 amide bonds. The number of hydrogen-bond acceptors (Lipinski definition) is 8. The van der Waals surface area contributed by atoms with Crippen LogP contribution in [-0.2, 0) is 4.79 Å². The first-order chi connectivity index (χ1) is 19.4. The van der Waals surface area contributed by atoms with Gasteiger partial charge in [0.1, 0.15) is 22.6 Å². The molecule has 1 heterocycles. The molecule has 3 aromatic carbocycles. The number of carbonyl (C=O) groups is 1. The third kappa shape index (κ3) is 6.30. The van der Waals surface area contributed by atoms with Gasteiger partial charge < -0.3 is 24.3 Å². The Labute approximate surface area is 237 Å². The predicted molar refractivity (Wildman–Crippen MR) is 157 cm³/mol. The van der Waals surface area contributed by atoms with Crippen LogP contribution in [0, 0.1) is 18.3 Å². The minimum absolute atomic E-state index is 0.0274. The molecule has 0 spiro atoms. The van der Waals surface area contributed by atoms with E-state index >= 15 is 0 Å². The number of carbonyl (C=O) groups excluding carboxylic acids is 1. The van der Waals surface area contributed by atoms with E-state index in [9.17, 15) is 10.1 Å². The van der Waals surface area contributed by atoms with Crippen LogP contribution in [-0.4, -0.2) is 45.1 Å². The van der Waals surface area contributed by atoms with Crippen LogP contribution < -0.4 is 24.3 Å². The third-order valence-corrected chi connectivity index (χ3v) is 7.14. The maximum Gasteiger partial charge on any atom is 0.234 e. The molecule has 0 aliphatic heterocycles. The number of benzene rings is 3. The number of nitrogens with one attached hydrogen (secondary N) is 1. The summed E-state index contributed by atoms with van der Waals surface area (Å²) in [6.45, 7) is 2.02. The molecule has 1 N–H and O–H groups in total. The van der Waals surface area contributed by atoms with Gasteiger partial charge >= 0.3 is 0 Å². The summed E-state index contributed by atoms with van der Waals surface area (Å²) in [4.78, 5) is 17.8. The molecule has 4 aromatic rings. The Kier molecular flexibility index (Phi) is 9.15. The second-order valence-corrected chi connectivity index (χ2v) is 9.65. The second-order valence-electron chi connectivity index (χ2n) is 8.69. The Morgan fingerprint density at radius 3 is 2.20 bits per heavy atom. The van der Waals surface area contributed by atoms with Crippen molar-refractivity contribution in [2.75, 3.05) is 39.5 Å². The molecule has 40 heavy (non-hydrogen) atoms. The maximum atomic E-state index is 12.9. The van der Waals surface area contributed by atoms with Gasteiger partial charge in [0.25, 0.3) is 0 Å². The molecule has 0 aliphatic carbocycles. The number of pyridine rings is 1. The molecule has 4 rings (SSSR count). The summed E-state index contributed by atoms with van der Waals surface area (Å²) in [6.07, 6.45) is 0. The average molecular weight is 556 g/mol. The summed E-state index contributed by atoms with van der Waals surface area (Å²) in [6, 6.07) is 22.8. The topological polar surface area (TPSA) is 103 Å². The van der Waals surface area contributed by atoms with Gasteiger partial charge in [-0.3, -0.25) is 4.79 Å². The molecule has 0 radical (unpaired) electrons. The SMILES string of the molecule is COc1ccc(NC(=O)CSc2nc(-c3ccc(C)cc3)cc(-c3ccc(OC)c(OC)c3)c2C#N)c(OC)c1. The van der Waals surface area contributed by atoms with Crippen LogP contribution in [0.5, 0.6) is 23.0 Å². The van der Waals surface area contributed by atoms with Crippen LogP contribution in [0.2, 0.25) is 0 Å². The van der Waals surface area contributed by atoms with Gasteiger partial charge in [-0.05, 0) is 42.8 Å². The standard InChI is InChI=1S/C31H29N3O5S/c1-19-6-8-20(9-7-19)26-16-23(21-10-13-27(37-3)29(14-21)39-5)24(17-32)31(34-26)40-18-30(35)33-25-12-11-22(36-2)15-28(25)38-4/h6-16H,18H2,1-5H3,(H,33,35). The summed E-state index contributed by atoms with van der Waals surface area (Å²) in [5.74, 6) is 1.97. The van der Waals surface area contributed by atoms with Crippen LogP contribution >= 0.6 is 11.8 Å². The fraction of sp³-hybridized carbons (Fsp3) is 0.194. The van der Waals surface area contributed by atoms with Gasteiger partial charge in [0.05, 0.1) is 51.1 Å². The van der Waals surface area contributed by atoms with Crippen LogP contribution in [0.3, 0.4) is 0 Å². The first kappa shape index (κ1) is 28.3. The largest absolute Gasteiger partial charge is 0.497 e. The number of rotatable bonds is 10.